The molecule has 0 spiro atoms. The van der Waals surface area contributed by atoms with Gasteiger partial charge in [-0.15, -0.1) is 0 Å². The van der Waals surface area contributed by atoms with E-state index in [1.165, 1.54) is 11.8 Å². The fourth-order valence-corrected chi connectivity index (χ4v) is 1.96. The molecule has 1 amide bonds. The first-order valence-corrected chi connectivity index (χ1v) is 8.28. The zero-order valence-corrected chi connectivity index (χ0v) is 14.2. The van der Waals surface area contributed by atoms with E-state index < -0.39 is 0 Å². The van der Waals surface area contributed by atoms with Crippen LogP contribution >= 0.6 is 11.8 Å². The third-order valence-corrected chi connectivity index (χ3v) is 2.94. The second-order valence-corrected chi connectivity index (χ2v) is 6.48. The van der Waals surface area contributed by atoms with Crippen molar-refractivity contribution in [3.8, 4) is 0 Å². The van der Waals surface area contributed by atoms with Gasteiger partial charge in [-0.05, 0) is 33.4 Å². The Balaban J connectivity index is 2.67. The Kier molecular flexibility index (Phi) is 6.74. The summed E-state index contributed by atoms with van der Waals surface area (Å²) in [6, 6.07) is 1.82. The molecule has 0 saturated carbocycles. The number of anilines is 2. The summed E-state index contributed by atoms with van der Waals surface area (Å²) in [7, 11) is 0. The number of hydrogen-bond donors (Lipinski definition) is 3. The Hall–Kier alpha value is -1.50. The fraction of sp³-hybridized carbons (Fsp3) is 0.643. The third-order valence-electron chi connectivity index (χ3n) is 2.39. The molecule has 21 heavy (non-hydrogen) atoms. The van der Waals surface area contributed by atoms with Gasteiger partial charge in [-0.25, -0.2) is 9.97 Å². The Morgan fingerprint density at radius 2 is 1.86 bits per heavy atom. The molecule has 0 aliphatic rings. The molecule has 1 rings (SSSR count). The molecule has 0 aliphatic heterocycles. The standard InChI is InChI=1S/C14H25N5OS/c1-6-7-15-10-8-11(18-13(17-10)21-5)16-9-12(20)19-14(2,3)4/h8H,6-7,9H2,1-5H3,(H,19,20)(H2,15,16,17,18). The van der Waals surface area contributed by atoms with E-state index in [0.29, 0.717) is 11.0 Å². The van der Waals surface area contributed by atoms with E-state index in [1.54, 1.807) is 0 Å². The van der Waals surface area contributed by atoms with Crippen molar-refractivity contribution < 1.29 is 4.79 Å². The van der Waals surface area contributed by atoms with E-state index in [4.69, 9.17) is 0 Å². The Morgan fingerprint density at radius 3 is 2.38 bits per heavy atom. The summed E-state index contributed by atoms with van der Waals surface area (Å²) in [5.74, 6) is 1.36. The molecule has 0 saturated heterocycles. The summed E-state index contributed by atoms with van der Waals surface area (Å²) in [6.45, 7) is 9.00. The summed E-state index contributed by atoms with van der Waals surface area (Å²) in [4.78, 5) is 20.5. The highest BCUT2D eigenvalue weighted by atomic mass is 32.2. The summed E-state index contributed by atoms with van der Waals surface area (Å²) in [5, 5.41) is 9.85. The highest BCUT2D eigenvalue weighted by molar-refractivity contribution is 7.98. The van der Waals surface area contributed by atoms with Gasteiger partial charge in [0.2, 0.25) is 5.91 Å². The van der Waals surface area contributed by atoms with E-state index >= 15 is 0 Å². The topological polar surface area (TPSA) is 78.9 Å². The van der Waals surface area contributed by atoms with E-state index in [1.807, 2.05) is 33.1 Å². The van der Waals surface area contributed by atoms with Crippen molar-refractivity contribution in [1.29, 1.82) is 0 Å². The first-order valence-electron chi connectivity index (χ1n) is 7.06. The van der Waals surface area contributed by atoms with Crippen LogP contribution in [-0.4, -0.2) is 40.8 Å². The van der Waals surface area contributed by atoms with Crippen LogP contribution in [0.2, 0.25) is 0 Å². The molecule has 1 heterocycles. The highest BCUT2D eigenvalue weighted by Crippen LogP contribution is 2.17. The molecule has 0 aromatic carbocycles. The van der Waals surface area contributed by atoms with Crippen LogP contribution in [0, 0.1) is 0 Å². The van der Waals surface area contributed by atoms with E-state index in [0.717, 1.165) is 18.8 Å². The molecule has 1 aromatic rings. The minimum absolute atomic E-state index is 0.0603. The van der Waals surface area contributed by atoms with Crippen LogP contribution in [0.15, 0.2) is 11.2 Å². The fourth-order valence-electron chi connectivity index (χ4n) is 1.58. The summed E-state index contributed by atoms with van der Waals surface area (Å²) >= 11 is 1.47. The number of thioether (sulfide) groups is 1. The number of carbonyl (C=O) groups is 1. The second-order valence-electron chi connectivity index (χ2n) is 5.70. The molecule has 0 radical (unpaired) electrons. The van der Waals surface area contributed by atoms with Crippen LogP contribution in [0.5, 0.6) is 0 Å². The lowest BCUT2D eigenvalue weighted by Gasteiger charge is -2.20. The second kappa shape index (κ2) is 8.07. The molecule has 7 heteroatoms. The molecule has 6 nitrogen and oxygen atoms in total. The molecule has 0 atom stereocenters. The van der Waals surface area contributed by atoms with Crippen molar-refractivity contribution in [2.24, 2.45) is 0 Å². The van der Waals surface area contributed by atoms with Crippen LogP contribution in [-0.2, 0) is 4.79 Å². The zero-order chi connectivity index (χ0) is 15.9. The van der Waals surface area contributed by atoms with Gasteiger partial charge in [-0.2, -0.15) is 0 Å². The lowest BCUT2D eigenvalue weighted by Crippen LogP contribution is -2.43. The van der Waals surface area contributed by atoms with Gasteiger partial charge in [-0.1, -0.05) is 18.7 Å². The van der Waals surface area contributed by atoms with Crippen LogP contribution in [0.25, 0.3) is 0 Å². The third kappa shape index (κ3) is 7.17. The van der Waals surface area contributed by atoms with Crippen molar-refractivity contribution in [1.82, 2.24) is 15.3 Å². The minimum atomic E-state index is -0.233. The number of rotatable bonds is 7. The van der Waals surface area contributed by atoms with Crippen molar-refractivity contribution in [3.05, 3.63) is 6.07 Å². The molecule has 0 fully saturated rings. The number of amides is 1. The average Bonchev–Trinajstić information content (AvgIpc) is 2.41. The SMILES string of the molecule is CCCNc1cc(NCC(=O)NC(C)(C)C)nc(SC)n1. The van der Waals surface area contributed by atoms with Gasteiger partial charge in [0.05, 0.1) is 6.54 Å². The van der Waals surface area contributed by atoms with Crippen LogP contribution < -0.4 is 16.0 Å². The van der Waals surface area contributed by atoms with Gasteiger partial charge in [-0.3, -0.25) is 4.79 Å². The van der Waals surface area contributed by atoms with Gasteiger partial charge in [0.15, 0.2) is 5.16 Å². The normalized spacial score (nSPS) is 11.1. The minimum Gasteiger partial charge on any atom is -0.370 e. The molecular formula is C14H25N5OS. The molecule has 3 N–H and O–H groups in total. The lowest BCUT2D eigenvalue weighted by molar-refractivity contribution is -0.120. The predicted molar refractivity (Wildman–Crippen MR) is 89.0 cm³/mol. The van der Waals surface area contributed by atoms with Crippen molar-refractivity contribution in [2.45, 2.75) is 44.8 Å². The highest BCUT2D eigenvalue weighted by Gasteiger charge is 2.13. The smallest absolute Gasteiger partial charge is 0.239 e. The van der Waals surface area contributed by atoms with Crippen molar-refractivity contribution in [3.63, 3.8) is 0 Å². The van der Waals surface area contributed by atoms with Gasteiger partial charge >= 0.3 is 0 Å². The number of carbonyl (C=O) groups excluding carboxylic acids is 1. The van der Waals surface area contributed by atoms with E-state index in [9.17, 15) is 4.79 Å². The van der Waals surface area contributed by atoms with Gasteiger partial charge in [0.25, 0.3) is 0 Å². The van der Waals surface area contributed by atoms with Crippen LogP contribution in [0.1, 0.15) is 34.1 Å². The number of nitrogens with one attached hydrogen (secondary N) is 3. The summed E-state index contributed by atoms with van der Waals surface area (Å²) in [6.07, 6.45) is 2.95. The van der Waals surface area contributed by atoms with Gasteiger partial charge < -0.3 is 16.0 Å². The molecule has 1 aromatic heterocycles. The summed E-state index contributed by atoms with van der Waals surface area (Å²) < 4.78 is 0. The molecule has 0 aliphatic carbocycles. The average molecular weight is 311 g/mol. The Morgan fingerprint density at radius 1 is 1.24 bits per heavy atom. The molecular weight excluding hydrogens is 286 g/mol. The van der Waals surface area contributed by atoms with Crippen LogP contribution in [0.4, 0.5) is 11.6 Å². The van der Waals surface area contributed by atoms with E-state index in [2.05, 4.69) is 32.8 Å². The first kappa shape index (κ1) is 17.6. The zero-order valence-electron chi connectivity index (χ0n) is 13.4. The lowest BCUT2D eigenvalue weighted by atomic mass is 10.1. The van der Waals surface area contributed by atoms with Gasteiger partial charge in [0, 0.05) is 18.2 Å². The summed E-state index contributed by atoms with van der Waals surface area (Å²) in [5.41, 5.74) is -0.233. The monoisotopic (exact) mass is 311 g/mol. The first-order chi connectivity index (χ1) is 9.84. The maximum Gasteiger partial charge on any atom is 0.239 e. The predicted octanol–water partition coefficient (Wildman–Crippen LogP) is 2.35. The Bertz CT molecular complexity index is 473. The van der Waals surface area contributed by atoms with Crippen molar-refractivity contribution >= 4 is 29.3 Å². The Labute approximate surface area is 130 Å². The van der Waals surface area contributed by atoms with Gasteiger partial charge in [0.1, 0.15) is 11.6 Å². The molecule has 0 bridgehead atoms. The number of hydrogen-bond acceptors (Lipinski definition) is 6. The van der Waals surface area contributed by atoms with Crippen LogP contribution in [0.3, 0.4) is 0 Å². The quantitative estimate of drug-likeness (QED) is 0.530. The number of nitrogens with zero attached hydrogens (tertiary/aromatic N) is 2. The maximum atomic E-state index is 11.8. The molecule has 0 unspecified atom stereocenters. The number of aromatic nitrogens is 2. The largest absolute Gasteiger partial charge is 0.370 e. The van der Waals surface area contributed by atoms with E-state index in [-0.39, 0.29) is 18.0 Å². The molecule has 118 valence electrons. The maximum absolute atomic E-state index is 11.8. The van der Waals surface area contributed by atoms with Crippen molar-refractivity contribution in [2.75, 3.05) is 30.0 Å².